The number of hydrogen-bond donors (Lipinski definition) is 0. The van der Waals surface area contributed by atoms with Gasteiger partial charge in [-0.25, -0.2) is 13.5 Å². The average molecular weight is 237 g/mol. The van der Waals surface area contributed by atoms with E-state index in [1.165, 1.54) is 10.7 Å². The minimum absolute atomic E-state index is 0.300. The van der Waals surface area contributed by atoms with E-state index in [9.17, 15) is 8.78 Å². The number of benzene rings is 1. The minimum Gasteiger partial charge on any atom is -0.220 e. The molecule has 0 aliphatic carbocycles. The monoisotopic (exact) mass is 237 g/mol. The smallest absolute Gasteiger partial charge is 0.160 e. The van der Waals surface area contributed by atoms with Crippen LogP contribution in [-0.4, -0.2) is 15.0 Å². The van der Waals surface area contributed by atoms with E-state index in [1.54, 1.807) is 6.20 Å². The lowest BCUT2D eigenvalue weighted by atomic mass is 10.1. The van der Waals surface area contributed by atoms with Crippen LogP contribution in [0.25, 0.3) is 5.69 Å². The average Bonchev–Trinajstić information content (AvgIpc) is 2.81. The van der Waals surface area contributed by atoms with Crippen LogP contribution in [0.5, 0.6) is 0 Å². The maximum atomic E-state index is 13.1. The van der Waals surface area contributed by atoms with E-state index in [2.05, 4.69) is 17.2 Å². The van der Waals surface area contributed by atoms with Crippen molar-refractivity contribution in [2.75, 3.05) is 0 Å². The largest absolute Gasteiger partial charge is 0.220 e. The van der Waals surface area contributed by atoms with Crippen molar-refractivity contribution in [1.29, 1.82) is 0 Å². The Bertz CT molecular complexity index is 522. The summed E-state index contributed by atoms with van der Waals surface area (Å²) in [5.41, 5.74) is 1.31. The maximum absolute atomic E-state index is 13.1. The van der Waals surface area contributed by atoms with Gasteiger partial charge in [-0.3, -0.25) is 0 Å². The molecular weight excluding hydrogens is 224 g/mol. The van der Waals surface area contributed by atoms with E-state index in [0.717, 1.165) is 24.2 Å². The van der Waals surface area contributed by atoms with Crippen molar-refractivity contribution in [3.8, 4) is 5.69 Å². The first-order chi connectivity index (χ1) is 8.11. The highest BCUT2D eigenvalue weighted by Crippen LogP contribution is 2.17. The van der Waals surface area contributed by atoms with Crippen molar-refractivity contribution in [3.05, 3.63) is 41.7 Å². The first-order valence-corrected chi connectivity index (χ1v) is 5.49. The highest BCUT2D eigenvalue weighted by molar-refractivity contribution is 5.31. The molecule has 0 fully saturated rings. The summed E-state index contributed by atoms with van der Waals surface area (Å²) in [7, 11) is 0. The molecule has 0 bridgehead atoms. The van der Waals surface area contributed by atoms with Gasteiger partial charge in [-0.15, -0.1) is 5.10 Å². The molecule has 0 radical (unpaired) electrons. The lowest BCUT2D eigenvalue weighted by Crippen LogP contribution is -1.96. The third-order valence-electron chi connectivity index (χ3n) is 2.80. The van der Waals surface area contributed by atoms with Crippen molar-refractivity contribution in [2.45, 2.75) is 26.2 Å². The Morgan fingerprint density at radius 2 is 2.06 bits per heavy atom. The zero-order valence-corrected chi connectivity index (χ0v) is 9.69. The summed E-state index contributed by atoms with van der Waals surface area (Å²) < 4.78 is 27.3. The Kier molecular flexibility index (Phi) is 3.17. The molecule has 2 aromatic rings. The van der Waals surface area contributed by atoms with Gasteiger partial charge in [0.05, 0.1) is 17.6 Å². The molecule has 5 heteroatoms. The topological polar surface area (TPSA) is 30.7 Å². The summed E-state index contributed by atoms with van der Waals surface area (Å²) >= 11 is 0. The van der Waals surface area contributed by atoms with Gasteiger partial charge in [0, 0.05) is 12.0 Å². The molecule has 0 amide bonds. The SMILES string of the molecule is CCC(C)c1cn(-c2ccc(F)c(F)c2)nn1. The summed E-state index contributed by atoms with van der Waals surface area (Å²) in [4.78, 5) is 0. The standard InChI is InChI=1S/C12H13F2N3/c1-3-8(2)12-7-17(16-15-12)9-4-5-10(13)11(14)6-9/h4-8H,3H2,1-2H3. The molecule has 0 N–H and O–H groups in total. The van der Waals surface area contributed by atoms with Gasteiger partial charge in [-0.2, -0.15) is 0 Å². The molecule has 90 valence electrons. The lowest BCUT2D eigenvalue weighted by Gasteiger charge is -2.02. The fraction of sp³-hybridized carbons (Fsp3) is 0.333. The molecule has 1 heterocycles. The van der Waals surface area contributed by atoms with Gasteiger partial charge >= 0.3 is 0 Å². The molecule has 1 aromatic heterocycles. The second-order valence-corrected chi connectivity index (χ2v) is 4.00. The summed E-state index contributed by atoms with van der Waals surface area (Å²) in [6.45, 7) is 4.10. The molecule has 1 unspecified atom stereocenters. The number of rotatable bonds is 3. The first-order valence-electron chi connectivity index (χ1n) is 5.49. The zero-order chi connectivity index (χ0) is 12.4. The second-order valence-electron chi connectivity index (χ2n) is 4.00. The molecule has 0 saturated carbocycles. The van der Waals surface area contributed by atoms with Crippen molar-refractivity contribution in [1.82, 2.24) is 15.0 Å². The van der Waals surface area contributed by atoms with Crippen LogP contribution >= 0.6 is 0 Å². The summed E-state index contributed by atoms with van der Waals surface area (Å²) in [6.07, 6.45) is 2.69. The predicted octanol–water partition coefficient (Wildman–Crippen LogP) is 3.06. The highest BCUT2D eigenvalue weighted by Gasteiger charge is 2.10. The van der Waals surface area contributed by atoms with Crippen LogP contribution in [-0.2, 0) is 0 Å². The Labute approximate surface area is 98.1 Å². The third kappa shape index (κ3) is 2.33. The van der Waals surface area contributed by atoms with E-state index in [-0.39, 0.29) is 0 Å². The van der Waals surface area contributed by atoms with Crippen molar-refractivity contribution < 1.29 is 8.78 Å². The molecule has 0 aliphatic heterocycles. The fourth-order valence-corrected chi connectivity index (χ4v) is 1.47. The van der Waals surface area contributed by atoms with Crippen LogP contribution in [0.3, 0.4) is 0 Å². The molecule has 0 spiro atoms. The van der Waals surface area contributed by atoms with Crippen LogP contribution < -0.4 is 0 Å². The van der Waals surface area contributed by atoms with Crippen molar-refractivity contribution >= 4 is 0 Å². The van der Waals surface area contributed by atoms with Crippen LogP contribution in [0.15, 0.2) is 24.4 Å². The van der Waals surface area contributed by atoms with Crippen LogP contribution in [0.1, 0.15) is 31.9 Å². The molecular formula is C12H13F2N3. The van der Waals surface area contributed by atoms with Crippen LogP contribution in [0.2, 0.25) is 0 Å². The van der Waals surface area contributed by atoms with Crippen LogP contribution in [0.4, 0.5) is 8.78 Å². The van der Waals surface area contributed by atoms with Crippen LogP contribution in [0, 0.1) is 11.6 Å². The third-order valence-corrected chi connectivity index (χ3v) is 2.80. The Morgan fingerprint density at radius 1 is 1.29 bits per heavy atom. The van der Waals surface area contributed by atoms with E-state index >= 15 is 0 Å². The summed E-state index contributed by atoms with van der Waals surface area (Å²) in [5.74, 6) is -1.45. The lowest BCUT2D eigenvalue weighted by molar-refractivity contribution is 0.507. The number of aromatic nitrogens is 3. The normalized spacial score (nSPS) is 12.7. The highest BCUT2D eigenvalue weighted by atomic mass is 19.2. The minimum atomic E-state index is -0.886. The van der Waals surface area contributed by atoms with Gasteiger partial charge in [0.15, 0.2) is 11.6 Å². The predicted molar refractivity (Wildman–Crippen MR) is 60.0 cm³/mol. The quantitative estimate of drug-likeness (QED) is 0.821. The van der Waals surface area contributed by atoms with Gasteiger partial charge in [0.1, 0.15) is 0 Å². The molecule has 0 aliphatic rings. The zero-order valence-electron chi connectivity index (χ0n) is 9.69. The van der Waals surface area contributed by atoms with Gasteiger partial charge in [0.25, 0.3) is 0 Å². The van der Waals surface area contributed by atoms with E-state index in [0.29, 0.717) is 11.6 Å². The van der Waals surface area contributed by atoms with Crippen molar-refractivity contribution in [2.24, 2.45) is 0 Å². The number of nitrogens with zero attached hydrogens (tertiary/aromatic N) is 3. The number of hydrogen-bond acceptors (Lipinski definition) is 2. The maximum Gasteiger partial charge on any atom is 0.160 e. The molecule has 1 atom stereocenters. The Hall–Kier alpha value is -1.78. The van der Waals surface area contributed by atoms with Gasteiger partial charge in [-0.05, 0) is 18.6 Å². The van der Waals surface area contributed by atoms with Gasteiger partial charge < -0.3 is 0 Å². The van der Waals surface area contributed by atoms with E-state index in [1.807, 2.05) is 6.92 Å². The summed E-state index contributed by atoms with van der Waals surface area (Å²) in [5, 5.41) is 7.92. The van der Waals surface area contributed by atoms with Crippen molar-refractivity contribution in [3.63, 3.8) is 0 Å². The molecule has 17 heavy (non-hydrogen) atoms. The molecule has 2 rings (SSSR count). The molecule has 0 saturated heterocycles. The second kappa shape index (κ2) is 4.61. The first kappa shape index (κ1) is 11.7. The van der Waals surface area contributed by atoms with E-state index < -0.39 is 11.6 Å². The number of halogens is 2. The molecule has 3 nitrogen and oxygen atoms in total. The Balaban J connectivity index is 2.33. The van der Waals surface area contributed by atoms with Gasteiger partial charge in [0.2, 0.25) is 0 Å². The van der Waals surface area contributed by atoms with Gasteiger partial charge in [-0.1, -0.05) is 19.1 Å². The molecule has 1 aromatic carbocycles. The Morgan fingerprint density at radius 3 is 2.71 bits per heavy atom. The fourth-order valence-electron chi connectivity index (χ4n) is 1.47. The summed E-state index contributed by atoms with van der Waals surface area (Å²) in [6, 6.07) is 3.65. The van der Waals surface area contributed by atoms with E-state index in [4.69, 9.17) is 0 Å².